The van der Waals surface area contributed by atoms with Gasteiger partial charge in [-0.15, -0.1) is 0 Å². The summed E-state index contributed by atoms with van der Waals surface area (Å²) >= 11 is 0. The first-order valence-electron chi connectivity index (χ1n) is 8.17. The van der Waals surface area contributed by atoms with Crippen molar-refractivity contribution in [2.24, 2.45) is 0 Å². The van der Waals surface area contributed by atoms with Gasteiger partial charge in [0.15, 0.2) is 0 Å². The Balaban J connectivity index is 1.80. The third kappa shape index (κ3) is 2.04. The molecule has 0 aliphatic carbocycles. The van der Waals surface area contributed by atoms with Gasteiger partial charge in [-0.25, -0.2) is 0 Å². The minimum atomic E-state index is 0.233. The summed E-state index contributed by atoms with van der Waals surface area (Å²) in [5, 5.41) is 4.97. The first-order valence-corrected chi connectivity index (χ1v) is 8.17. The summed E-state index contributed by atoms with van der Waals surface area (Å²) in [7, 11) is 0. The van der Waals surface area contributed by atoms with Crippen LogP contribution in [0.4, 0.5) is 0 Å². The Morgan fingerprint density at radius 3 is 1.58 bits per heavy atom. The van der Waals surface area contributed by atoms with Crippen molar-refractivity contribution in [1.29, 1.82) is 0 Å². The van der Waals surface area contributed by atoms with Crippen LogP contribution in [0.25, 0.3) is 21.5 Å². The Morgan fingerprint density at radius 2 is 1.04 bits per heavy atom. The summed E-state index contributed by atoms with van der Waals surface area (Å²) in [6, 6.07) is 25.3. The molecule has 0 atom stereocenters. The zero-order chi connectivity index (χ0) is 15.9. The van der Waals surface area contributed by atoms with Gasteiger partial charge < -0.3 is 9.47 Å². The first kappa shape index (κ1) is 13.4. The number of rotatable bonds is 0. The molecule has 116 valence electrons. The minimum absolute atomic E-state index is 0.233. The van der Waals surface area contributed by atoms with Crippen molar-refractivity contribution in [2.45, 2.75) is 6.42 Å². The molecule has 2 nitrogen and oxygen atoms in total. The quantitative estimate of drug-likeness (QED) is 0.438. The van der Waals surface area contributed by atoms with Gasteiger partial charge in [0.2, 0.25) is 6.79 Å². The molecule has 24 heavy (non-hydrogen) atoms. The molecule has 1 heterocycles. The van der Waals surface area contributed by atoms with Crippen LogP contribution in [0.15, 0.2) is 72.8 Å². The van der Waals surface area contributed by atoms with Gasteiger partial charge in [-0.3, -0.25) is 0 Å². The molecule has 0 unspecified atom stereocenters. The molecule has 0 spiro atoms. The monoisotopic (exact) mass is 312 g/mol. The predicted molar refractivity (Wildman–Crippen MR) is 96.8 cm³/mol. The smallest absolute Gasteiger partial charge is 0.230 e. The molecule has 0 N–H and O–H groups in total. The van der Waals surface area contributed by atoms with Crippen molar-refractivity contribution in [3.8, 4) is 11.5 Å². The zero-order valence-electron chi connectivity index (χ0n) is 13.2. The van der Waals surface area contributed by atoms with Gasteiger partial charge in [-0.1, -0.05) is 60.7 Å². The van der Waals surface area contributed by atoms with E-state index in [4.69, 9.17) is 9.47 Å². The third-order valence-corrected chi connectivity index (χ3v) is 4.78. The van der Waals surface area contributed by atoms with E-state index < -0.39 is 0 Å². The lowest BCUT2D eigenvalue weighted by Gasteiger charge is -2.21. The molecule has 0 bridgehead atoms. The highest BCUT2D eigenvalue weighted by Gasteiger charge is 2.17. The van der Waals surface area contributed by atoms with E-state index >= 15 is 0 Å². The van der Waals surface area contributed by atoms with E-state index in [9.17, 15) is 0 Å². The Hall–Kier alpha value is -3.00. The predicted octanol–water partition coefficient (Wildman–Crippen LogP) is 5.31. The maximum absolute atomic E-state index is 5.88. The molecule has 4 aromatic rings. The highest BCUT2D eigenvalue weighted by Crippen LogP contribution is 2.37. The molecular formula is C22H16O2. The second-order valence-corrected chi connectivity index (χ2v) is 6.11. The molecule has 2 heteroatoms. The molecule has 0 radical (unpaired) electrons. The molecule has 1 aliphatic rings. The van der Waals surface area contributed by atoms with Crippen LogP contribution in [0.1, 0.15) is 11.1 Å². The van der Waals surface area contributed by atoms with Gasteiger partial charge >= 0.3 is 0 Å². The normalized spacial score (nSPS) is 13.3. The number of ether oxygens (including phenoxy) is 2. The summed E-state index contributed by atoms with van der Waals surface area (Å²) in [4.78, 5) is 0. The van der Waals surface area contributed by atoms with Crippen molar-refractivity contribution < 1.29 is 9.47 Å². The fourth-order valence-corrected chi connectivity index (χ4v) is 3.60. The maximum atomic E-state index is 5.88. The Labute approximate surface area is 140 Å². The number of fused-ring (bicyclic) bond motifs is 6. The topological polar surface area (TPSA) is 18.5 Å². The summed E-state index contributed by atoms with van der Waals surface area (Å²) in [5.74, 6) is 1.82. The largest absolute Gasteiger partial charge is 0.457 e. The van der Waals surface area contributed by atoms with Gasteiger partial charge in [-0.05, 0) is 33.7 Å². The zero-order valence-corrected chi connectivity index (χ0v) is 13.2. The molecule has 1 aliphatic heterocycles. The van der Waals surface area contributed by atoms with Crippen molar-refractivity contribution in [3.63, 3.8) is 0 Å². The van der Waals surface area contributed by atoms with Crippen LogP contribution in [0.3, 0.4) is 0 Å². The van der Waals surface area contributed by atoms with Crippen molar-refractivity contribution in [2.75, 3.05) is 6.79 Å². The molecule has 0 fully saturated rings. The van der Waals surface area contributed by atoms with Gasteiger partial charge in [0, 0.05) is 17.5 Å². The van der Waals surface area contributed by atoms with Gasteiger partial charge in [0.1, 0.15) is 11.5 Å². The lowest BCUT2D eigenvalue weighted by Crippen LogP contribution is -2.12. The van der Waals surface area contributed by atoms with E-state index in [0.29, 0.717) is 0 Å². The molecular weight excluding hydrogens is 296 g/mol. The number of hydrogen-bond donors (Lipinski definition) is 0. The fraction of sp³-hybridized carbons (Fsp3) is 0.0909. The lowest BCUT2D eigenvalue weighted by molar-refractivity contribution is 0.116. The second kappa shape index (κ2) is 5.27. The van der Waals surface area contributed by atoms with Crippen molar-refractivity contribution in [1.82, 2.24) is 0 Å². The molecule has 0 aromatic heterocycles. The van der Waals surface area contributed by atoms with Crippen LogP contribution in [0.2, 0.25) is 0 Å². The van der Waals surface area contributed by atoms with Crippen LogP contribution in [0, 0.1) is 0 Å². The van der Waals surface area contributed by atoms with E-state index in [0.717, 1.165) is 17.9 Å². The average Bonchev–Trinajstić information content (AvgIpc) is 2.62. The summed E-state index contributed by atoms with van der Waals surface area (Å²) in [5.41, 5.74) is 2.46. The highest BCUT2D eigenvalue weighted by molar-refractivity contribution is 5.91. The van der Waals surface area contributed by atoms with Crippen molar-refractivity contribution >= 4 is 21.5 Å². The molecule has 5 rings (SSSR count). The van der Waals surface area contributed by atoms with E-state index in [-0.39, 0.29) is 6.79 Å². The van der Waals surface area contributed by atoms with Gasteiger partial charge in [0.05, 0.1) is 0 Å². The standard InChI is InChI=1S/C22H16O2/c1-3-7-17-15(5-1)9-11-21-19(17)13-20-18-8-4-2-6-16(18)10-12-22(20)24-14-23-21/h1-12H,13-14H2. The van der Waals surface area contributed by atoms with E-state index in [1.165, 1.54) is 32.7 Å². The SMILES string of the molecule is c1ccc2c3c(ccc2c1)OCOc1ccc2ccccc2c1C3. The van der Waals surface area contributed by atoms with E-state index in [2.05, 4.69) is 72.8 Å². The molecule has 0 saturated heterocycles. The first-order chi connectivity index (χ1) is 11.9. The van der Waals surface area contributed by atoms with Crippen LogP contribution >= 0.6 is 0 Å². The van der Waals surface area contributed by atoms with Crippen LogP contribution in [0.5, 0.6) is 11.5 Å². The van der Waals surface area contributed by atoms with Crippen LogP contribution in [-0.4, -0.2) is 6.79 Å². The maximum Gasteiger partial charge on any atom is 0.230 e. The molecule has 0 amide bonds. The van der Waals surface area contributed by atoms with E-state index in [1.54, 1.807) is 0 Å². The summed E-state index contributed by atoms with van der Waals surface area (Å²) < 4.78 is 11.8. The molecule has 0 saturated carbocycles. The summed E-state index contributed by atoms with van der Waals surface area (Å²) in [6.45, 7) is 0.233. The highest BCUT2D eigenvalue weighted by atomic mass is 16.7. The van der Waals surface area contributed by atoms with Crippen LogP contribution in [-0.2, 0) is 6.42 Å². The Kier molecular flexibility index (Phi) is 2.95. The Bertz CT molecular complexity index is 981. The van der Waals surface area contributed by atoms with Gasteiger partial charge in [-0.2, -0.15) is 0 Å². The minimum Gasteiger partial charge on any atom is -0.457 e. The lowest BCUT2D eigenvalue weighted by atomic mass is 9.93. The number of benzene rings is 4. The third-order valence-electron chi connectivity index (χ3n) is 4.78. The van der Waals surface area contributed by atoms with E-state index in [1.807, 2.05) is 0 Å². The fourth-order valence-electron chi connectivity index (χ4n) is 3.60. The van der Waals surface area contributed by atoms with Gasteiger partial charge in [0.25, 0.3) is 0 Å². The average molecular weight is 312 g/mol. The molecule has 4 aromatic carbocycles. The number of hydrogen-bond acceptors (Lipinski definition) is 2. The summed E-state index contributed by atoms with van der Waals surface area (Å²) in [6.07, 6.45) is 0.799. The second-order valence-electron chi connectivity index (χ2n) is 6.11. The Morgan fingerprint density at radius 1 is 0.542 bits per heavy atom. The van der Waals surface area contributed by atoms with Crippen LogP contribution < -0.4 is 9.47 Å². The van der Waals surface area contributed by atoms with Crippen molar-refractivity contribution in [3.05, 3.63) is 83.9 Å².